The summed E-state index contributed by atoms with van der Waals surface area (Å²) in [6, 6.07) is 10.2. The summed E-state index contributed by atoms with van der Waals surface area (Å²) in [5, 5.41) is 9.38. The third kappa shape index (κ3) is 1.89. The highest BCUT2D eigenvalue weighted by Crippen LogP contribution is 2.34. The number of benzene rings is 1. The molecule has 0 spiro atoms. The van der Waals surface area contributed by atoms with E-state index in [9.17, 15) is 5.26 Å². The van der Waals surface area contributed by atoms with Crippen LogP contribution in [0, 0.1) is 11.3 Å². The molecule has 16 heavy (non-hydrogen) atoms. The number of hydrogen-bond acceptors (Lipinski definition) is 3. The molecule has 84 valence electrons. The molecule has 1 saturated heterocycles. The molecule has 1 heterocycles. The van der Waals surface area contributed by atoms with Crippen LogP contribution < -0.4 is 4.74 Å². The first-order valence-electron chi connectivity index (χ1n) is 5.44. The van der Waals surface area contributed by atoms with Crippen LogP contribution in [0.3, 0.4) is 0 Å². The van der Waals surface area contributed by atoms with Crippen LogP contribution >= 0.6 is 0 Å². The summed E-state index contributed by atoms with van der Waals surface area (Å²) in [6.45, 7) is 1.33. The first-order valence-corrected chi connectivity index (χ1v) is 5.44. The fourth-order valence-corrected chi connectivity index (χ4v) is 2.09. The molecular weight excluding hydrogens is 202 g/mol. The second-order valence-electron chi connectivity index (χ2n) is 4.03. The molecule has 0 radical (unpaired) electrons. The maximum atomic E-state index is 9.38. The Hall–Kier alpha value is -1.53. The summed E-state index contributed by atoms with van der Waals surface area (Å²) >= 11 is 0. The van der Waals surface area contributed by atoms with Gasteiger partial charge in [-0.2, -0.15) is 5.26 Å². The Morgan fingerprint density at radius 3 is 2.38 bits per heavy atom. The van der Waals surface area contributed by atoms with Crippen molar-refractivity contribution in [2.75, 3.05) is 20.3 Å². The normalized spacial score (nSPS) is 18.8. The molecule has 1 aromatic carbocycles. The average Bonchev–Trinajstić information content (AvgIpc) is 2.39. The zero-order valence-corrected chi connectivity index (χ0v) is 9.40. The Balaban J connectivity index is 2.29. The monoisotopic (exact) mass is 217 g/mol. The van der Waals surface area contributed by atoms with Gasteiger partial charge in [-0.15, -0.1) is 0 Å². The second-order valence-corrected chi connectivity index (χ2v) is 4.03. The molecule has 0 atom stereocenters. The van der Waals surface area contributed by atoms with Crippen molar-refractivity contribution in [1.82, 2.24) is 0 Å². The third-order valence-electron chi connectivity index (χ3n) is 3.20. The van der Waals surface area contributed by atoms with E-state index in [1.807, 2.05) is 24.3 Å². The van der Waals surface area contributed by atoms with Crippen molar-refractivity contribution in [3.8, 4) is 11.8 Å². The van der Waals surface area contributed by atoms with E-state index >= 15 is 0 Å². The third-order valence-corrected chi connectivity index (χ3v) is 3.20. The number of ether oxygens (including phenoxy) is 2. The minimum Gasteiger partial charge on any atom is -0.497 e. The highest BCUT2D eigenvalue weighted by atomic mass is 16.5. The Morgan fingerprint density at radius 1 is 1.25 bits per heavy atom. The van der Waals surface area contributed by atoms with E-state index in [4.69, 9.17) is 9.47 Å². The summed E-state index contributed by atoms with van der Waals surface area (Å²) < 4.78 is 10.4. The van der Waals surface area contributed by atoms with Gasteiger partial charge in [0.1, 0.15) is 5.75 Å². The van der Waals surface area contributed by atoms with Crippen LogP contribution in [0.2, 0.25) is 0 Å². The number of rotatable bonds is 2. The van der Waals surface area contributed by atoms with Gasteiger partial charge >= 0.3 is 0 Å². The van der Waals surface area contributed by atoms with Crippen molar-refractivity contribution in [3.05, 3.63) is 29.8 Å². The van der Waals surface area contributed by atoms with Crippen molar-refractivity contribution in [3.63, 3.8) is 0 Å². The van der Waals surface area contributed by atoms with Crippen LogP contribution in [0.4, 0.5) is 0 Å². The van der Waals surface area contributed by atoms with Crippen LogP contribution in [-0.4, -0.2) is 20.3 Å². The summed E-state index contributed by atoms with van der Waals surface area (Å²) in [6.07, 6.45) is 1.55. The van der Waals surface area contributed by atoms with Gasteiger partial charge in [-0.1, -0.05) is 12.1 Å². The Morgan fingerprint density at radius 2 is 1.88 bits per heavy atom. The standard InChI is InChI=1S/C13H15NO2/c1-15-12-4-2-11(3-5-12)13(10-14)6-8-16-9-7-13/h2-5H,6-9H2,1H3. The van der Waals surface area contributed by atoms with Crippen molar-refractivity contribution in [1.29, 1.82) is 5.26 Å². The highest BCUT2D eigenvalue weighted by molar-refractivity contribution is 5.37. The Kier molecular flexibility index (Phi) is 3.12. The molecule has 0 N–H and O–H groups in total. The van der Waals surface area contributed by atoms with Gasteiger partial charge in [0.2, 0.25) is 0 Å². The molecule has 3 nitrogen and oxygen atoms in total. The van der Waals surface area contributed by atoms with Crippen LogP contribution in [0.1, 0.15) is 18.4 Å². The van der Waals surface area contributed by atoms with Crippen LogP contribution in [0.5, 0.6) is 5.75 Å². The van der Waals surface area contributed by atoms with E-state index in [-0.39, 0.29) is 5.41 Å². The minimum absolute atomic E-state index is 0.371. The predicted octanol–water partition coefficient (Wildman–Crippen LogP) is 2.27. The Labute approximate surface area is 95.6 Å². The lowest BCUT2D eigenvalue weighted by Gasteiger charge is -2.31. The largest absolute Gasteiger partial charge is 0.497 e. The second kappa shape index (κ2) is 4.54. The first kappa shape index (κ1) is 11.0. The molecule has 1 aromatic rings. The average molecular weight is 217 g/mol. The van der Waals surface area contributed by atoms with E-state index in [0.717, 1.165) is 24.2 Å². The van der Waals surface area contributed by atoms with E-state index in [2.05, 4.69) is 6.07 Å². The quantitative estimate of drug-likeness (QED) is 0.763. The molecule has 0 amide bonds. The van der Waals surface area contributed by atoms with Crippen molar-refractivity contribution >= 4 is 0 Å². The first-order chi connectivity index (χ1) is 7.80. The predicted molar refractivity (Wildman–Crippen MR) is 60.3 cm³/mol. The lowest BCUT2D eigenvalue weighted by atomic mass is 9.75. The summed E-state index contributed by atoms with van der Waals surface area (Å²) in [5.41, 5.74) is 0.698. The molecule has 0 saturated carbocycles. The van der Waals surface area contributed by atoms with Gasteiger partial charge in [0.25, 0.3) is 0 Å². The SMILES string of the molecule is COc1ccc(C2(C#N)CCOCC2)cc1. The van der Waals surface area contributed by atoms with Gasteiger partial charge < -0.3 is 9.47 Å². The Bertz CT molecular complexity index is 385. The van der Waals surface area contributed by atoms with Crippen LogP contribution in [0.25, 0.3) is 0 Å². The smallest absolute Gasteiger partial charge is 0.118 e. The zero-order valence-electron chi connectivity index (χ0n) is 9.40. The van der Waals surface area contributed by atoms with Gasteiger partial charge in [-0.05, 0) is 30.5 Å². The van der Waals surface area contributed by atoms with Crippen LogP contribution in [-0.2, 0) is 10.2 Å². The molecule has 1 aliphatic heterocycles. The lowest BCUT2D eigenvalue weighted by molar-refractivity contribution is 0.0675. The van der Waals surface area contributed by atoms with Crippen LogP contribution in [0.15, 0.2) is 24.3 Å². The van der Waals surface area contributed by atoms with Crippen molar-refractivity contribution in [2.24, 2.45) is 0 Å². The van der Waals surface area contributed by atoms with Crippen molar-refractivity contribution < 1.29 is 9.47 Å². The number of nitrogens with zero attached hydrogens (tertiary/aromatic N) is 1. The molecule has 0 bridgehead atoms. The molecule has 1 fully saturated rings. The van der Waals surface area contributed by atoms with E-state index < -0.39 is 0 Å². The van der Waals surface area contributed by atoms with Gasteiger partial charge in [-0.25, -0.2) is 0 Å². The fourth-order valence-electron chi connectivity index (χ4n) is 2.09. The minimum atomic E-state index is -0.371. The maximum absolute atomic E-state index is 9.38. The molecule has 1 aliphatic rings. The molecule has 0 unspecified atom stereocenters. The van der Waals surface area contributed by atoms with Gasteiger partial charge in [0.15, 0.2) is 0 Å². The topological polar surface area (TPSA) is 42.2 Å². The molecule has 3 heteroatoms. The number of hydrogen-bond donors (Lipinski definition) is 0. The number of nitriles is 1. The van der Waals surface area contributed by atoms with E-state index in [0.29, 0.717) is 13.2 Å². The highest BCUT2D eigenvalue weighted by Gasteiger charge is 2.34. The molecular formula is C13H15NO2. The van der Waals surface area contributed by atoms with E-state index in [1.54, 1.807) is 7.11 Å². The number of methoxy groups -OCH3 is 1. The zero-order chi connectivity index (χ0) is 11.4. The maximum Gasteiger partial charge on any atom is 0.118 e. The van der Waals surface area contributed by atoms with Gasteiger partial charge in [-0.3, -0.25) is 0 Å². The lowest BCUT2D eigenvalue weighted by Crippen LogP contribution is -2.32. The molecule has 0 aromatic heterocycles. The summed E-state index contributed by atoms with van der Waals surface area (Å²) in [4.78, 5) is 0. The molecule has 0 aliphatic carbocycles. The summed E-state index contributed by atoms with van der Waals surface area (Å²) in [5.74, 6) is 0.823. The fraction of sp³-hybridized carbons (Fsp3) is 0.462. The van der Waals surface area contributed by atoms with Gasteiger partial charge in [0.05, 0.1) is 18.6 Å². The molecule has 2 rings (SSSR count). The van der Waals surface area contributed by atoms with Crippen molar-refractivity contribution in [2.45, 2.75) is 18.3 Å². The van der Waals surface area contributed by atoms with Gasteiger partial charge in [0, 0.05) is 13.2 Å². The summed E-state index contributed by atoms with van der Waals surface area (Å²) in [7, 11) is 1.64. The van der Waals surface area contributed by atoms with E-state index in [1.165, 1.54) is 0 Å².